The van der Waals surface area contributed by atoms with Crippen molar-refractivity contribution in [3.05, 3.63) is 29.8 Å². The van der Waals surface area contributed by atoms with E-state index in [0.717, 1.165) is 25.7 Å². The Morgan fingerprint density at radius 3 is 2.54 bits per heavy atom. The van der Waals surface area contributed by atoms with Gasteiger partial charge in [-0.2, -0.15) is 0 Å². The quantitative estimate of drug-likeness (QED) is 0.803. The van der Waals surface area contributed by atoms with Crippen molar-refractivity contribution < 1.29 is 13.2 Å². The van der Waals surface area contributed by atoms with Crippen molar-refractivity contribution in [3.63, 3.8) is 0 Å². The molecule has 2 unspecified atom stereocenters. The summed E-state index contributed by atoms with van der Waals surface area (Å²) in [6, 6.07) is 7.05. The number of nitrogens with one attached hydrogen (secondary N) is 1. The van der Waals surface area contributed by atoms with Gasteiger partial charge in [-0.15, -0.1) is 12.4 Å². The van der Waals surface area contributed by atoms with Gasteiger partial charge in [0.1, 0.15) is 0 Å². The average Bonchev–Trinajstić information content (AvgIpc) is 2.45. The van der Waals surface area contributed by atoms with Crippen LogP contribution in [-0.2, 0) is 20.4 Å². The van der Waals surface area contributed by atoms with Crippen molar-refractivity contribution in [2.24, 2.45) is 11.7 Å². The molecular weight excluding hydrogens is 372 g/mol. The zero-order chi connectivity index (χ0) is 18.9. The molecule has 3 N–H and O–H groups in total. The lowest BCUT2D eigenvalue weighted by atomic mass is 9.74. The smallest absolute Gasteiger partial charge is 0.229 e. The number of halogens is 1. The third kappa shape index (κ3) is 5.44. The number of nitrogens with two attached hydrogens (primary N) is 1. The predicted molar refractivity (Wildman–Crippen MR) is 109 cm³/mol. The number of sulfone groups is 1. The second-order valence-corrected chi connectivity index (χ2v) is 11.1. The Bertz CT molecular complexity index is 739. The predicted octanol–water partition coefficient (Wildman–Crippen LogP) is 3.67. The minimum Gasteiger partial charge on any atom is -0.326 e. The molecule has 1 aromatic rings. The fraction of sp³-hybridized carbons (Fsp3) is 0.632. The van der Waals surface area contributed by atoms with Gasteiger partial charge in [-0.25, -0.2) is 8.42 Å². The molecule has 26 heavy (non-hydrogen) atoms. The molecule has 148 valence electrons. The first-order chi connectivity index (χ1) is 11.4. The molecule has 1 saturated carbocycles. The minimum absolute atomic E-state index is 0. The topological polar surface area (TPSA) is 89.3 Å². The molecule has 0 spiro atoms. The van der Waals surface area contributed by atoms with E-state index < -0.39 is 20.1 Å². The molecule has 0 bridgehead atoms. The lowest BCUT2D eigenvalue weighted by Gasteiger charge is -2.37. The molecule has 0 radical (unpaired) electrons. The number of rotatable bonds is 4. The van der Waals surface area contributed by atoms with Gasteiger partial charge >= 0.3 is 0 Å². The van der Waals surface area contributed by atoms with Gasteiger partial charge in [-0.3, -0.25) is 4.79 Å². The molecule has 1 amide bonds. The lowest BCUT2D eigenvalue weighted by molar-refractivity contribution is -0.122. The van der Waals surface area contributed by atoms with Crippen LogP contribution in [0.5, 0.6) is 0 Å². The molecule has 1 aliphatic rings. The first-order valence-corrected chi connectivity index (χ1v) is 10.5. The van der Waals surface area contributed by atoms with Crippen LogP contribution in [0.1, 0.15) is 58.9 Å². The number of carbonyl (C=O) groups is 1. The Balaban J connectivity index is 0.00000338. The molecule has 0 aromatic heterocycles. The van der Waals surface area contributed by atoms with Crippen molar-refractivity contribution in [2.45, 2.75) is 69.4 Å². The van der Waals surface area contributed by atoms with Gasteiger partial charge in [-0.1, -0.05) is 25.0 Å². The molecule has 5 nitrogen and oxygen atoms in total. The highest BCUT2D eigenvalue weighted by Crippen LogP contribution is 2.32. The highest BCUT2D eigenvalue weighted by Gasteiger charge is 2.37. The second kappa shape index (κ2) is 8.28. The van der Waals surface area contributed by atoms with Crippen LogP contribution in [0.4, 0.5) is 5.69 Å². The molecule has 1 aliphatic carbocycles. The number of hydrogen-bond acceptors (Lipinski definition) is 4. The Morgan fingerprint density at radius 2 is 1.96 bits per heavy atom. The van der Waals surface area contributed by atoms with E-state index in [4.69, 9.17) is 5.73 Å². The molecule has 2 rings (SSSR count). The summed E-state index contributed by atoms with van der Waals surface area (Å²) in [5, 5.41) is 2.92. The fourth-order valence-corrected chi connectivity index (χ4v) is 4.24. The number of benzene rings is 1. The van der Waals surface area contributed by atoms with E-state index in [1.807, 2.05) is 6.92 Å². The van der Waals surface area contributed by atoms with E-state index in [2.05, 4.69) is 5.32 Å². The molecule has 0 saturated heterocycles. The van der Waals surface area contributed by atoms with Crippen LogP contribution in [-0.4, -0.2) is 24.6 Å². The molecule has 2 atom stereocenters. The van der Waals surface area contributed by atoms with Gasteiger partial charge in [0, 0.05) is 11.2 Å². The van der Waals surface area contributed by atoms with Crippen LogP contribution >= 0.6 is 12.4 Å². The Labute approximate surface area is 163 Å². The van der Waals surface area contributed by atoms with Crippen molar-refractivity contribution in [1.82, 2.24) is 0 Å². The van der Waals surface area contributed by atoms with Gasteiger partial charge in [0.2, 0.25) is 5.91 Å². The Hall–Kier alpha value is -1.11. The molecule has 1 aromatic carbocycles. The van der Waals surface area contributed by atoms with E-state index in [0.29, 0.717) is 11.3 Å². The summed E-state index contributed by atoms with van der Waals surface area (Å²) in [5.41, 5.74) is 7.10. The van der Waals surface area contributed by atoms with Crippen LogP contribution in [0, 0.1) is 5.92 Å². The normalized spacial score (nSPS) is 23.8. The number of anilines is 1. The summed E-state index contributed by atoms with van der Waals surface area (Å²) >= 11 is 0. The van der Waals surface area contributed by atoms with E-state index >= 15 is 0 Å². The van der Waals surface area contributed by atoms with E-state index in [1.165, 1.54) is 0 Å². The van der Waals surface area contributed by atoms with Crippen LogP contribution in [0.3, 0.4) is 0 Å². The summed E-state index contributed by atoms with van der Waals surface area (Å²) in [6.07, 6.45) is 3.69. The Morgan fingerprint density at radius 1 is 1.31 bits per heavy atom. The highest BCUT2D eigenvalue weighted by atomic mass is 35.5. The van der Waals surface area contributed by atoms with Gasteiger partial charge in [0.05, 0.1) is 16.4 Å². The summed E-state index contributed by atoms with van der Waals surface area (Å²) in [6.45, 7) is 7.01. The van der Waals surface area contributed by atoms with E-state index in [1.54, 1.807) is 45.0 Å². The molecule has 0 aliphatic heterocycles. The van der Waals surface area contributed by atoms with Gasteiger partial charge in [0.25, 0.3) is 0 Å². The van der Waals surface area contributed by atoms with Crippen molar-refractivity contribution in [1.29, 1.82) is 0 Å². The first-order valence-electron chi connectivity index (χ1n) is 8.83. The molecular formula is C19H31ClN2O3S. The maximum atomic E-state index is 12.6. The SMILES string of the molecule is CC1(N)CCCCC1C(=O)Nc1cccc(CS(=O)(=O)C(C)(C)C)c1.Cl. The van der Waals surface area contributed by atoms with Crippen LogP contribution < -0.4 is 11.1 Å². The summed E-state index contributed by atoms with van der Waals surface area (Å²) in [5.74, 6) is -0.345. The van der Waals surface area contributed by atoms with Crippen molar-refractivity contribution >= 4 is 33.8 Å². The number of amides is 1. The number of hydrogen-bond donors (Lipinski definition) is 2. The summed E-state index contributed by atoms with van der Waals surface area (Å²) in [7, 11) is -3.27. The molecule has 0 heterocycles. The van der Waals surface area contributed by atoms with Crippen LogP contribution in [0.15, 0.2) is 24.3 Å². The molecule has 7 heteroatoms. The largest absolute Gasteiger partial charge is 0.326 e. The van der Waals surface area contributed by atoms with Gasteiger partial charge in [-0.05, 0) is 58.2 Å². The standard InChI is InChI=1S/C19H30N2O3S.ClH/c1-18(2,3)25(23,24)13-14-8-7-9-15(12-14)21-17(22)16-10-5-6-11-19(16,4)20;/h7-9,12,16H,5-6,10-11,13,20H2,1-4H3,(H,21,22);1H. The van der Waals surface area contributed by atoms with Crippen molar-refractivity contribution in [2.75, 3.05) is 5.32 Å². The molecule has 1 fully saturated rings. The van der Waals surface area contributed by atoms with E-state index in [9.17, 15) is 13.2 Å². The number of carbonyl (C=O) groups excluding carboxylic acids is 1. The lowest BCUT2D eigenvalue weighted by Crippen LogP contribution is -2.51. The maximum Gasteiger partial charge on any atom is 0.229 e. The monoisotopic (exact) mass is 402 g/mol. The second-order valence-electron chi connectivity index (χ2n) is 8.37. The van der Waals surface area contributed by atoms with Crippen LogP contribution in [0.25, 0.3) is 0 Å². The third-order valence-corrected chi connectivity index (χ3v) is 7.63. The van der Waals surface area contributed by atoms with Gasteiger partial charge in [0.15, 0.2) is 9.84 Å². The van der Waals surface area contributed by atoms with E-state index in [-0.39, 0.29) is 30.0 Å². The minimum atomic E-state index is -3.27. The highest BCUT2D eigenvalue weighted by molar-refractivity contribution is 7.91. The zero-order valence-electron chi connectivity index (χ0n) is 16.0. The first kappa shape index (κ1) is 22.9. The fourth-order valence-electron chi connectivity index (χ4n) is 3.19. The Kier molecular flexibility index (Phi) is 7.30. The zero-order valence-corrected chi connectivity index (χ0v) is 17.7. The van der Waals surface area contributed by atoms with Crippen molar-refractivity contribution in [3.8, 4) is 0 Å². The third-order valence-electron chi connectivity index (χ3n) is 5.06. The summed E-state index contributed by atoms with van der Waals surface area (Å²) < 4.78 is 24.0. The van der Waals surface area contributed by atoms with Crippen LogP contribution in [0.2, 0.25) is 0 Å². The average molecular weight is 403 g/mol. The summed E-state index contributed by atoms with van der Waals surface area (Å²) in [4.78, 5) is 12.6. The maximum absolute atomic E-state index is 12.6. The van der Waals surface area contributed by atoms with Gasteiger partial charge < -0.3 is 11.1 Å².